The summed E-state index contributed by atoms with van der Waals surface area (Å²) in [7, 11) is 0. The van der Waals surface area contributed by atoms with Crippen molar-refractivity contribution in [1.82, 2.24) is 4.98 Å². The van der Waals surface area contributed by atoms with Gasteiger partial charge >= 0.3 is 0 Å². The van der Waals surface area contributed by atoms with Crippen molar-refractivity contribution in [2.75, 3.05) is 0 Å². The lowest BCUT2D eigenvalue weighted by Crippen LogP contribution is -2.34. The Hall–Kier alpha value is -3.46. The van der Waals surface area contributed by atoms with E-state index in [1.807, 2.05) is 6.20 Å². The Morgan fingerprint density at radius 3 is 2.59 bits per heavy atom. The van der Waals surface area contributed by atoms with E-state index in [9.17, 15) is 0 Å². The van der Waals surface area contributed by atoms with Crippen LogP contribution in [0.4, 0.5) is 0 Å². The smallest absolute Gasteiger partial charge is 0.128 e. The molecule has 2 unspecified atom stereocenters. The SMILES string of the molecule is C1=CN=C(c2cccc(-c3ccc4c(c3)C3C=c5ccccc5=CC3O4)n2)CC1. The Balaban J connectivity index is 1.41. The molecule has 1 aliphatic carbocycles. The van der Waals surface area contributed by atoms with Gasteiger partial charge in [-0.25, -0.2) is 4.98 Å². The predicted octanol–water partition coefficient (Wildman–Crippen LogP) is 3.96. The van der Waals surface area contributed by atoms with Crippen LogP contribution in [0.25, 0.3) is 23.4 Å². The Morgan fingerprint density at radius 1 is 0.862 bits per heavy atom. The molecule has 6 rings (SSSR count). The van der Waals surface area contributed by atoms with E-state index < -0.39 is 0 Å². The zero-order valence-electron chi connectivity index (χ0n) is 16.0. The van der Waals surface area contributed by atoms with Gasteiger partial charge in [-0.2, -0.15) is 0 Å². The van der Waals surface area contributed by atoms with Crippen LogP contribution in [-0.4, -0.2) is 16.8 Å². The Labute approximate surface area is 169 Å². The van der Waals surface area contributed by atoms with Crippen molar-refractivity contribution in [2.45, 2.75) is 24.9 Å². The average Bonchev–Trinajstić information content (AvgIpc) is 3.15. The maximum atomic E-state index is 6.24. The van der Waals surface area contributed by atoms with Crippen molar-refractivity contribution in [1.29, 1.82) is 0 Å². The molecule has 1 aromatic heterocycles. The van der Waals surface area contributed by atoms with Crippen molar-refractivity contribution in [3.8, 4) is 17.0 Å². The molecule has 29 heavy (non-hydrogen) atoms. The van der Waals surface area contributed by atoms with Crippen LogP contribution < -0.4 is 15.2 Å². The van der Waals surface area contributed by atoms with Gasteiger partial charge in [0.2, 0.25) is 0 Å². The van der Waals surface area contributed by atoms with Crippen LogP contribution in [0.2, 0.25) is 0 Å². The highest BCUT2D eigenvalue weighted by atomic mass is 16.5. The van der Waals surface area contributed by atoms with Crippen LogP contribution in [0.1, 0.15) is 30.0 Å². The third kappa shape index (κ3) is 2.82. The fraction of sp³-hybridized carbons (Fsp3) is 0.154. The molecule has 0 saturated carbocycles. The summed E-state index contributed by atoms with van der Waals surface area (Å²) in [5, 5.41) is 2.53. The van der Waals surface area contributed by atoms with E-state index in [0.29, 0.717) is 0 Å². The molecule has 2 aliphatic heterocycles. The topological polar surface area (TPSA) is 34.5 Å². The van der Waals surface area contributed by atoms with E-state index >= 15 is 0 Å². The molecule has 0 saturated heterocycles. The Kier molecular flexibility index (Phi) is 3.73. The summed E-state index contributed by atoms with van der Waals surface area (Å²) in [6.07, 6.45) is 10.6. The average molecular weight is 376 g/mol. The molecule has 3 nitrogen and oxygen atoms in total. The number of hydrogen-bond acceptors (Lipinski definition) is 3. The number of aromatic nitrogens is 1. The highest BCUT2D eigenvalue weighted by molar-refractivity contribution is 6.00. The van der Waals surface area contributed by atoms with Crippen molar-refractivity contribution >= 4 is 17.9 Å². The normalized spacial score (nSPS) is 21.0. The molecule has 0 N–H and O–H groups in total. The number of rotatable bonds is 2. The molecule has 3 heteroatoms. The van der Waals surface area contributed by atoms with Gasteiger partial charge < -0.3 is 4.74 Å². The van der Waals surface area contributed by atoms with E-state index in [4.69, 9.17) is 9.72 Å². The lowest BCUT2D eigenvalue weighted by Gasteiger charge is -2.15. The maximum absolute atomic E-state index is 6.24. The van der Waals surface area contributed by atoms with E-state index in [1.165, 1.54) is 16.0 Å². The number of fused-ring (bicyclic) bond motifs is 4. The minimum Gasteiger partial charge on any atom is -0.485 e. The molecule has 0 amide bonds. The maximum Gasteiger partial charge on any atom is 0.128 e. The minimum atomic E-state index is 0.0674. The van der Waals surface area contributed by atoms with Crippen molar-refractivity contribution < 1.29 is 4.74 Å². The Bertz CT molecular complexity index is 1300. The van der Waals surface area contributed by atoms with Crippen LogP contribution in [-0.2, 0) is 0 Å². The van der Waals surface area contributed by atoms with Gasteiger partial charge in [-0.05, 0) is 59.7 Å². The summed E-state index contributed by atoms with van der Waals surface area (Å²) in [6, 6.07) is 21.1. The number of pyridine rings is 1. The van der Waals surface area contributed by atoms with Gasteiger partial charge in [0.05, 0.1) is 17.1 Å². The molecular weight excluding hydrogens is 356 g/mol. The molecule has 0 fully saturated rings. The van der Waals surface area contributed by atoms with Gasteiger partial charge in [0.15, 0.2) is 0 Å². The van der Waals surface area contributed by atoms with Crippen LogP contribution in [0, 0.1) is 0 Å². The number of nitrogens with zero attached hydrogens (tertiary/aromatic N) is 2. The minimum absolute atomic E-state index is 0.0674. The van der Waals surface area contributed by atoms with Crippen LogP contribution in [0.3, 0.4) is 0 Å². The first-order valence-electron chi connectivity index (χ1n) is 10.1. The molecule has 3 heterocycles. The molecule has 3 aliphatic rings. The molecule has 0 spiro atoms. The van der Waals surface area contributed by atoms with Gasteiger partial charge in [-0.15, -0.1) is 0 Å². The summed E-state index contributed by atoms with van der Waals surface area (Å²) in [5.41, 5.74) is 5.36. The van der Waals surface area contributed by atoms with Crippen molar-refractivity contribution in [3.63, 3.8) is 0 Å². The van der Waals surface area contributed by atoms with Gasteiger partial charge in [0, 0.05) is 23.2 Å². The number of aliphatic imine (C=N–C) groups is 1. The second kappa shape index (κ2) is 6.56. The summed E-state index contributed by atoms with van der Waals surface area (Å²) < 4.78 is 6.24. The summed E-state index contributed by atoms with van der Waals surface area (Å²) in [4.78, 5) is 9.42. The van der Waals surface area contributed by atoms with Gasteiger partial charge in [0.1, 0.15) is 11.9 Å². The molecule has 0 bridgehead atoms. The van der Waals surface area contributed by atoms with Gasteiger partial charge in [-0.1, -0.05) is 42.5 Å². The fourth-order valence-corrected chi connectivity index (χ4v) is 4.43. The van der Waals surface area contributed by atoms with E-state index in [0.717, 1.165) is 41.3 Å². The van der Waals surface area contributed by atoms with Crippen LogP contribution >= 0.6 is 0 Å². The summed E-state index contributed by atoms with van der Waals surface area (Å²) in [6.45, 7) is 0. The summed E-state index contributed by atoms with van der Waals surface area (Å²) in [5.74, 6) is 1.22. The summed E-state index contributed by atoms with van der Waals surface area (Å²) >= 11 is 0. The Morgan fingerprint density at radius 2 is 1.72 bits per heavy atom. The highest BCUT2D eigenvalue weighted by Gasteiger charge is 2.33. The zero-order chi connectivity index (χ0) is 19.2. The van der Waals surface area contributed by atoms with Crippen molar-refractivity contribution in [3.05, 3.63) is 94.6 Å². The zero-order valence-corrected chi connectivity index (χ0v) is 16.0. The molecule has 2 aromatic carbocycles. The number of ether oxygens (including phenoxy) is 1. The lowest BCUT2D eigenvalue weighted by molar-refractivity contribution is 0.288. The first kappa shape index (κ1) is 16.5. The molecule has 2 atom stereocenters. The second-order valence-electron chi connectivity index (χ2n) is 7.73. The molecule has 140 valence electrons. The number of allylic oxidation sites excluding steroid dienone is 1. The van der Waals surface area contributed by atoms with E-state index in [-0.39, 0.29) is 12.0 Å². The third-order valence-electron chi connectivity index (χ3n) is 5.91. The first-order chi connectivity index (χ1) is 14.3. The standard InChI is InChI=1S/C26H20N2O/c1-2-7-18-16-26-21(14-17(18)6-1)20-15-19(11-12-25(20)29-26)22-9-5-10-24(28-22)23-8-3-4-13-27-23/h1-2,4-7,9-16,21,26H,3,8H2. The molecular formula is C26H20N2O. The molecule has 3 aromatic rings. The van der Waals surface area contributed by atoms with Crippen LogP contribution in [0.5, 0.6) is 5.75 Å². The second-order valence-corrected chi connectivity index (χ2v) is 7.73. The predicted molar refractivity (Wildman–Crippen MR) is 116 cm³/mol. The number of hydrogen-bond donors (Lipinski definition) is 0. The molecule has 0 radical (unpaired) electrons. The highest BCUT2D eigenvalue weighted by Crippen LogP contribution is 2.42. The largest absolute Gasteiger partial charge is 0.485 e. The fourth-order valence-electron chi connectivity index (χ4n) is 4.43. The quantitative estimate of drug-likeness (QED) is 0.678. The van der Waals surface area contributed by atoms with Gasteiger partial charge in [0.25, 0.3) is 0 Å². The van der Waals surface area contributed by atoms with Crippen LogP contribution in [0.15, 0.2) is 77.9 Å². The van der Waals surface area contributed by atoms with E-state index in [2.05, 4.69) is 83.9 Å². The monoisotopic (exact) mass is 376 g/mol. The lowest BCUT2D eigenvalue weighted by atomic mass is 9.89. The van der Waals surface area contributed by atoms with Gasteiger partial charge in [-0.3, -0.25) is 4.99 Å². The van der Waals surface area contributed by atoms with Crippen molar-refractivity contribution in [2.24, 2.45) is 4.99 Å². The van der Waals surface area contributed by atoms with E-state index in [1.54, 1.807) is 0 Å². The third-order valence-corrected chi connectivity index (χ3v) is 5.91. The number of benzene rings is 2. The first-order valence-corrected chi connectivity index (χ1v) is 10.1.